The zero-order valence-corrected chi connectivity index (χ0v) is 16.4. The van der Waals surface area contributed by atoms with Crippen LogP contribution in [0.4, 0.5) is 5.69 Å². The quantitative estimate of drug-likeness (QED) is 0.394. The third-order valence-corrected chi connectivity index (χ3v) is 6.21. The van der Waals surface area contributed by atoms with E-state index in [0.29, 0.717) is 13.1 Å². The average molecular weight is 412 g/mol. The number of likely N-dealkylation sites (tertiary alicyclic amines) is 1. The van der Waals surface area contributed by atoms with E-state index in [9.17, 15) is 19.7 Å². The van der Waals surface area contributed by atoms with E-state index >= 15 is 0 Å². The van der Waals surface area contributed by atoms with Crippen LogP contribution in [-0.2, 0) is 4.79 Å². The molecule has 4 rings (SSSR count). The lowest BCUT2D eigenvalue weighted by Crippen LogP contribution is -2.41. The van der Waals surface area contributed by atoms with E-state index in [1.807, 2.05) is 33.7 Å². The highest BCUT2D eigenvalue weighted by Crippen LogP contribution is 2.26. The second kappa shape index (κ2) is 8.12. The van der Waals surface area contributed by atoms with Crippen LogP contribution in [0.15, 0.2) is 58.2 Å². The molecule has 3 aromatic rings. The van der Waals surface area contributed by atoms with Crippen molar-refractivity contribution in [1.29, 1.82) is 0 Å². The summed E-state index contributed by atoms with van der Waals surface area (Å²) in [5, 5.41) is 10.7. The van der Waals surface area contributed by atoms with Crippen molar-refractivity contribution in [2.24, 2.45) is 0 Å². The number of nitrogens with zero attached hydrogens (tertiary/aromatic N) is 3. The number of nitro groups is 1. The number of piperidine rings is 1. The van der Waals surface area contributed by atoms with Crippen molar-refractivity contribution in [2.75, 3.05) is 18.8 Å². The van der Waals surface area contributed by atoms with Gasteiger partial charge in [-0.2, -0.15) is 0 Å². The summed E-state index contributed by atoms with van der Waals surface area (Å²) < 4.78 is 1.81. The highest BCUT2D eigenvalue weighted by atomic mass is 32.2. The second-order valence-electron chi connectivity index (χ2n) is 6.97. The highest BCUT2D eigenvalue weighted by molar-refractivity contribution is 8.00. The van der Waals surface area contributed by atoms with Crippen LogP contribution in [0.3, 0.4) is 0 Å². The van der Waals surface area contributed by atoms with Crippen molar-refractivity contribution in [3.8, 4) is 0 Å². The molecule has 1 saturated heterocycles. The molecule has 0 unspecified atom stereocenters. The fourth-order valence-electron chi connectivity index (χ4n) is 3.71. The van der Waals surface area contributed by atoms with Crippen LogP contribution >= 0.6 is 11.8 Å². The number of nitro benzene ring substituents is 1. The Morgan fingerprint density at radius 2 is 1.83 bits per heavy atom. The lowest BCUT2D eigenvalue weighted by molar-refractivity contribution is -0.384. The maximum absolute atomic E-state index is 12.5. The first-order chi connectivity index (χ1) is 14.0. The molecule has 8 nitrogen and oxygen atoms in total. The van der Waals surface area contributed by atoms with Gasteiger partial charge in [0.05, 0.1) is 21.7 Å². The molecule has 150 valence electrons. The molecule has 1 fully saturated rings. The molecule has 1 aromatic heterocycles. The van der Waals surface area contributed by atoms with Crippen LogP contribution in [0, 0.1) is 10.1 Å². The monoisotopic (exact) mass is 412 g/mol. The maximum Gasteiger partial charge on any atom is 0.326 e. The number of nitrogens with one attached hydrogen (secondary N) is 1. The lowest BCUT2D eigenvalue weighted by Gasteiger charge is -2.32. The number of aromatic amines is 1. The molecule has 1 aliphatic rings. The summed E-state index contributed by atoms with van der Waals surface area (Å²) in [6, 6.07) is 13.9. The summed E-state index contributed by atoms with van der Waals surface area (Å²) in [5.74, 6) is 0.327. The van der Waals surface area contributed by atoms with Gasteiger partial charge < -0.3 is 9.88 Å². The van der Waals surface area contributed by atoms with E-state index in [-0.39, 0.29) is 29.1 Å². The summed E-state index contributed by atoms with van der Waals surface area (Å²) in [5.41, 5.74) is 1.66. The Labute approximate surface area is 170 Å². The van der Waals surface area contributed by atoms with Gasteiger partial charge in [-0.05, 0) is 37.1 Å². The topological polar surface area (TPSA) is 101 Å². The standard InChI is InChI=1S/C20H20N4O4S/c25-19(13-29-16-7-5-15(6-8-16)24(27)28)22-11-9-14(10-12-22)23-18-4-2-1-3-17(18)21-20(23)26/h1-8,14H,9-13H2,(H,21,26). The van der Waals surface area contributed by atoms with Crippen LogP contribution in [0.5, 0.6) is 0 Å². The molecule has 0 radical (unpaired) electrons. The Hall–Kier alpha value is -3.07. The van der Waals surface area contributed by atoms with E-state index in [0.717, 1.165) is 28.8 Å². The number of thioether (sulfide) groups is 1. The van der Waals surface area contributed by atoms with Gasteiger partial charge in [0.2, 0.25) is 5.91 Å². The number of rotatable bonds is 5. The van der Waals surface area contributed by atoms with Gasteiger partial charge in [0.25, 0.3) is 5.69 Å². The number of fused-ring (bicyclic) bond motifs is 1. The number of para-hydroxylation sites is 2. The van der Waals surface area contributed by atoms with Gasteiger partial charge in [0.15, 0.2) is 0 Å². The normalized spacial score (nSPS) is 15.0. The highest BCUT2D eigenvalue weighted by Gasteiger charge is 2.26. The molecule has 2 heterocycles. The van der Waals surface area contributed by atoms with Crippen LogP contribution in [0.1, 0.15) is 18.9 Å². The van der Waals surface area contributed by atoms with E-state index in [1.54, 1.807) is 12.1 Å². The molecule has 2 aromatic carbocycles. The van der Waals surface area contributed by atoms with Crippen LogP contribution in [-0.4, -0.2) is 44.1 Å². The number of non-ortho nitro benzene ring substituents is 1. The molecule has 1 aliphatic heterocycles. The van der Waals surface area contributed by atoms with E-state index in [2.05, 4.69) is 4.98 Å². The Morgan fingerprint density at radius 3 is 2.52 bits per heavy atom. The first-order valence-corrected chi connectivity index (χ1v) is 10.4. The van der Waals surface area contributed by atoms with Gasteiger partial charge in [0.1, 0.15) is 0 Å². The number of H-pyrrole nitrogens is 1. The fourth-order valence-corrected chi connectivity index (χ4v) is 4.51. The average Bonchev–Trinajstić information content (AvgIpc) is 3.08. The van der Waals surface area contributed by atoms with Crippen LogP contribution in [0.25, 0.3) is 11.0 Å². The maximum atomic E-state index is 12.5. The third kappa shape index (κ3) is 4.04. The minimum atomic E-state index is -0.442. The lowest BCUT2D eigenvalue weighted by atomic mass is 10.0. The molecule has 0 aliphatic carbocycles. The smallest absolute Gasteiger partial charge is 0.326 e. The van der Waals surface area contributed by atoms with Crippen molar-refractivity contribution < 1.29 is 9.72 Å². The molecule has 1 amide bonds. The number of aromatic nitrogens is 2. The molecule has 0 bridgehead atoms. The summed E-state index contributed by atoms with van der Waals surface area (Å²) in [7, 11) is 0. The van der Waals surface area contributed by atoms with Crippen molar-refractivity contribution in [3.63, 3.8) is 0 Å². The molecule has 1 N–H and O–H groups in total. The SMILES string of the molecule is O=C(CSc1ccc([N+](=O)[O-])cc1)N1CCC(n2c(=O)[nH]c3ccccc32)CC1. The zero-order chi connectivity index (χ0) is 20.4. The minimum absolute atomic E-state index is 0.0373. The largest absolute Gasteiger partial charge is 0.342 e. The van der Waals surface area contributed by atoms with Crippen LogP contribution in [0.2, 0.25) is 0 Å². The second-order valence-corrected chi connectivity index (χ2v) is 8.02. The van der Waals surface area contributed by atoms with Crippen molar-refractivity contribution in [2.45, 2.75) is 23.8 Å². The number of imidazole rings is 1. The first-order valence-electron chi connectivity index (χ1n) is 9.37. The summed E-state index contributed by atoms with van der Waals surface area (Å²) in [4.78, 5) is 40.7. The molecule has 0 spiro atoms. The van der Waals surface area contributed by atoms with Gasteiger partial charge in [0, 0.05) is 36.2 Å². The fraction of sp³-hybridized carbons (Fsp3) is 0.300. The van der Waals surface area contributed by atoms with Gasteiger partial charge in [-0.25, -0.2) is 4.79 Å². The molecular weight excluding hydrogens is 392 g/mol. The minimum Gasteiger partial charge on any atom is -0.342 e. The molecule has 29 heavy (non-hydrogen) atoms. The number of amides is 1. The van der Waals surface area contributed by atoms with Crippen LogP contribution < -0.4 is 5.69 Å². The number of benzene rings is 2. The summed E-state index contributed by atoms with van der Waals surface area (Å²) in [6.07, 6.45) is 1.46. The summed E-state index contributed by atoms with van der Waals surface area (Å²) in [6.45, 7) is 1.21. The molecule has 0 atom stereocenters. The van der Waals surface area contributed by atoms with Gasteiger partial charge in [-0.15, -0.1) is 11.8 Å². The number of hydrogen-bond acceptors (Lipinski definition) is 5. The number of carbonyl (C=O) groups excluding carboxylic acids is 1. The predicted molar refractivity (Wildman–Crippen MR) is 111 cm³/mol. The first kappa shape index (κ1) is 19.3. The Balaban J connectivity index is 1.34. The molecule has 0 saturated carbocycles. The van der Waals surface area contributed by atoms with E-state index in [1.165, 1.54) is 23.9 Å². The molecular formula is C20H20N4O4S. The van der Waals surface area contributed by atoms with E-state index < -0.39 is 4.92 Å². The Bertz CT molecular complexity index is 1100. The van der Waals surface area contributed by atoms with Gasteiger partial charge in [-0.1, -0.05) is 12.1 Å². The number of hydrogen-bond donors (Lipinski definition) is 1. The van der Waals surface area contributed by atoms with Crippen molar-refractivity contribution in [3.05, 3.63) is 69.1 Å². The van der Waals surface area contributed by atoms with Crippen molar-refractivity contribution in [1.82, 2.24) is 14.5 Å². The Morgan fingerprint density at radius 1 is 1.14 bits per heavy atom. The van der Waals surface area contributed by atoms with Gasteiger partial charge in [-0.3, -0.25) is 19.5 Å². The Kier molecular flexibility index (Phi) is 5.39. The zero-order valence-electron chi connectivity index (χ0n) is 15.6. The van der Waals surface area contributed by atoms with Crippen molar-refractivity contribution >= 4 is 34.4 Å². The van der Waals surface area contributed by atoms with Gasteiger partial charge >= 0.3 is 5.69 Å². The number of carbonyl (C=O) groups is 1. The third-order valence-electron chi connectivity index (χ3n) is 5.22. The summed E-state index contributed by atoms with van der Waals surface area (Å²) >= 11 is 1.37. The molecule has 9 heteroatoms. The predicted octanol–water partition coefficient (Wildman–Crippen LogP) is 3.19. The van der Waals surface area contributed by atoms with E-state index in [4.69, 9.17) is 0 Å².